The number of hydrogen-bond donors (Lipinski definition) is 0. The Labute approximate surface area is 129 Å². The summed E-state index contributed by atoms with van der Waals surface area (Å²) in [5.74, 6) is 0.0501. The van der Waals surface area contributed by atoms with Gasteiger partial charge in [-0.2, -0.15) is 0 Å². The second kappa shape index (κ2) is 6.71. The summed E-state index contributed by atoms with van der Waals surface area (Å²) in [7, 11) is 1.55. The van der Waals surface area contributed by atoms with Gasteiger partial charge in [-0.25, -0.2) is 0 Å². The number of Topliss-reactive ketones (excluding diaryl/α,β-unsaturated/α-hetero) is 1. The first-order valence-corrected chi connectivity index (χ1v) is 7.48. The molecule has 2 aliphatic rings. The summed E-state index contributed by atoms with van der Waals surface area (Å²) in [6.07, 6.45) is 0.357. The normalized spacial score (nSPS) is 31.3. The van der Waals surface area contributed by atoms with Crippen molar-refractivity contribution < 1.29 is 23.7 Å². The zero-order chi connectivity index (χ0) is 15.5. The van der Waals surface area contributed by atoms with E-state index in [1.165, 1.54) is 0 Å². The van der Waals surface area contributed by atoms with Crippen LogP contribution in [0.15, 0.2) is 42.0 Å². The smallest absolute Gasteiger partial charge is 0.184 e. The highest BCUT2D eigenvalue weighted by Crippen LogP contribution is 2.34. The monoisotopic (exact) mass is 304 g/mol. The predicted octanol–water partition coefficient (Wildman–Crippen LogP) is 2.38. The molecule has 0 aromatic heterocycles. The van der Waals surface area contributed by atoms with Crippen molar-refractivity contribution in [3.63, 3.8) is 0 Å². The molecule has 2 aliphatic heterocycles. The zero-order valence-corrected chi connectivity index (χ0v) is 12.7. The number of benzene rings is 1. The molecular weight excluding hydrogens is 284 g/mol. The summed E-state index contributed by atoms with van der Waals surface area (Å²) in [5.41, 5.74) is 1.55. The SMILES string of the molecule is CCC(=O)C1=C[C@@H](OC)O[C@@H]2CO[C@@H](c3ccccc3)O[C@@H]12. The van der Waals surface area contributed by atoms with Gasteiger partial charge in [-0.15, -0.1) is 0 Å². The number of carbonyl (C=O) groups excluding carboxylic acids is 1. The second-order valence-corrected chi connectivity index (χ2v) is 5.31. The number of ether oxygens (including phenoxy) is 4. The Morgan fingerprint density at radius 2 is 2.05 bits per heavy atom. The van der Waals surface area contributed by atoms with E-state index in [2.05, 4.69) is 0 Å². The summed E-state index contributed by atoms with van der Waals surface area (Å²) in [6.45, 7) is 2.20. The minimum Gasteiger partial charge on any atom is -0.352 e. The average Bonchev–Trinajstić information content (AvgIpc) is 2.60. The van der Waals surface area contributed by atoms with Crippen LogP contribution in [-0.2, 0) is 23.7 Å². The molecule has 0 radical (unpaired) electrons. The molecule has 5 nitrogen and oxygen atoms in total. The molecule has 2 heterocycles. The standard InChI is InChI=1S/C17H20O5/c1-3-13(18)12-9-15(19-2)21-14-10-20-17(22-16(12)14)11-7-5-4-6-8-11/h4-9,14-17H,3,10H2,1-2H3/t14-,15+,16+,17-/m1/s1. The Kier molecular flexibility index (Phi) is 4.69. The van der Waals surface area contributed by atoms with E-state index < -0.39 is 18.7 Å². The first kappa shape index (κ1) is 15.4. The van der Waals surface area contributed by atoms with Crippen LogP contribution in [0.2, 0.25) is 0 Å². The Morgan fingerprint density at radius 3 is 2.73 bits per heavy atom. The highest BCUT2D eigenvalue weighted by atomic mass is 16.7. The summed E-state index contributed by atoms with van der Waals surface area (Å²) in [5, 5.41) is 0. The fraction of sp³-hybridized carbons (Fsp3) is 0.471. The molecule has 1 saturated heterocycles. The molecule has 0 saturated carbocycles. The summed E-state index contributed by atoms with van der Waals surface area (Å²) >= 11 is 0. The van der Waals surface area contributed by atoms with E-state index in [1.807, 2.05) is 37.3 Å². The maximum Gasteiger partial charge on any atom is 0.184 e. The van der Waals surface area contributed by atoms with Crippen molar-refractivity contribution in [2.75, 3.05) is 13.7 Å². The first-order chi connectivity index (χ1) is 10.7. The van der Waals surface area contributed by atoms with Gasteiger partial charge in [-0.05, 0) is 6.08 Å². The largest absolute Gasteiger partial charge is 0.352 e. The maximum absolute atomic E-state index is 12.2. The first-order valence-electron chi connectivity index (χ1n) is 7.48. The van der Waals surface area contributed by atoms with Crippen molar-refractivity contribution in [3.05, 3.63) is 47.5 Å². The molecule has 0 bridgehead atoms. The van der Waals surface area contributed by atoms with Gasteiger partial charge in [-0.3, -0.25) is 4.79 Å². The van der Waals surface area contributed by atoms with Crippen LogP contribution in [0.4, 0.5) is 0 Å². The van der Waals surface area contributed by atoms with Gasteiger partial charge >= 0.3 is 0 Å². The van der Waals surface area contributed by atoms with E-state index in [4.69, 9.17) is 18.9 Å². The minimum absolute atomic E-state index is 0.0501. The lowest BCUT2D eigenvalue weighted by Crippen LogP contribution is -2.49. The second-order valence-electron chi connectivity index (χ2n) is 5.31. The van der Waals surface area contributed by atoms with Crippen LogP contribution in [0, 0.1) is 0 Å². The van der Waals surface area contributed by atoms with Crippen molar-refractivity contribution in [3.8, 4) is 0 Å². The van der Waals surface area contributed by atoms with Crippen LogP contribution >= 0.6 is 0 Å². The number of rotatable bonds is 4. The topological polar surface area (TPSA) is 54.0 Å². The quantitative estimate of drug-likeness (QED) is 0.855. The molecule has 1 fully saturated rings. The van der Waals surface area contributed by atoms with E-state index in [1.54, 1.807) is 13.2 Å². The van der Waals surface area contributed by atoms with Crippen molar-refractivity contribution in [1.82, 2.24) is 0 Å². The van der Waals surface area contributed by atoms with E-state index in [0.29, 0.717) is 18.6 Å². The molecule has 0 amide bonds. The molecule has 0 aliphatic carbocycles. The molecule has 118 valence electrons. The molecule has 4 atom stereocenters. The molecule has 1 aromatic rings. The van der Waals surface area contributed by atoms with E-state index in [0.717, 1.165) is 5.56 Å². The lowest BCUT2D eigenvalue weighted by atomic mass is 9.95. The number of carbonyl (C=O) groups is 1. The molecular formula is C17H20O5. The third-order valence-electron chi connectivity index (χ3n) is 3.90. The van der Waals surface area contributed by atoms with Gasteiger partial charge in [-0.1, -0.05) is 37.3 Å². The Bertz CT molecular complexity index is 553. The molecule has 5 heteroatoms. The van der Waals surface area contributed by atoms with Crippen LogP contribution in [0.3, 0.4) is 0 Å². The van der Waals surface area contributed by atoms with Gasteiger partial charge in [0.15, 0.2) is 18.4 Å². The third-order valence-corrected chi connectivity index (χ3v) is 3.90. The van der Waals surface area contributed by atoms with Crippen molar-refractivity contribution in [2.45, 2.75) is 38.1 Å². The highest BCUT2D eigenvalue weighted by Gasteiger charge is 2.41. The average molecular weight is 304 g/mol. The molecule has 0 unspecified atom stereocenters. The number of hydrogen-bond acceptors (Lipinski definition) is 5. The predicted molar refractivity (Wildman–Crippen MR) is 79.1 cm³/mol. The molecule has 0 spiro atoms. The van der Waals surface area contributed by atoms with E-state index in [9.17, 15) is 4.79 Å². The Morgan fingerprint density at radius 1 is 1.27 bits per heavy atom. The van der Waals surface area contributed by atoms with Crippen LogP contribution in [-0.4, -0.2) is 38.0 Å². The summed E-state index contributed by atoms with van der Waals surface area (Å²) in [6, 6.07) is 9.68. The van der Waals surface area contributed by atoms with Gasteiger partial charge in [0.1, 0.15) is 12.2 Å². The van der Waals surface area contributed by atoms with Crippen molar-refractivity contribution in [1.29, 1.82) is 0 Å². The van der Waals surface area contributed by atoms with Gasteiger partial charge in [0.2, 0.25) is 0 Å². The highest BCUT2D eigenvalue weighted by molar-refractivity contribution is 5.96. The van der Waals surface area contributed by atoms with Crippen LogP contribution in [0.5, 0.6) is 0 Å². The van der Waals surface area contributed by atoms with Crippen LogP contribution < -0.4 is 0 Å². The lowest BCUT2D eigenvalue weighted by molar-refractivity contribution is -0.283. The summed E-state index contributed by atoms with van der Waals surface area (Å²) in [4.78, 5) is 12.2. The Balaban J connectivity index is 1.84. The van der Waals surface area contributed by atoms with Crippen LogP contribution in [0.1, 0.15) is 25.2 Å². The van der Waals surface area contributed by atoms with E-state index in [-0.39, 0.29) is 11.9 Å². The Hall–Kier alpha value is -1.53. The van der Waals surface area contributed by atoms with Gasteiger partial charge in [0, 0.05) is 24.7 Å². The van der Waals surface area contributed by atoms with Gasteiger partial charge in [0.25, 0.3) is 0 Å². The van der Waals surface area contributed by atoms with Crippen molar-refractivity contribution >= 4 is 5.78 Å². The van der Waals surface area contributed by atoms with Crippen LogP contribution in [0.25, 0.3) is 0 Å². The van der Waals surface area contributed by atoms with Gasteiger partial charge in [0.05, 0.1) is 6.61 Å². The zero-order valence-electron chi connectivity index (χ0n) is 12.7. The molecule has 3 rings (SSSR count). The lowest BCUT2D eigenvalue weighted by Gasteiger charge is -2.41. The number of fused-ring (bicyclic) bond motifs is 1. The van der Waals surface area contributed by atoms with Crippen molar-refractivity contribution in [2.24, 2.45) is 0 Å². The number of methoxy groups -OCH3 is 1. The third kappa shape index (κ3) is 2.98. The maximum atomic E-state index is 12.2. The molecule has 1 aromatic carbocycles. The molecule has 22 heavy (non-hydrogen) atoms. The molecule has 0 N–H and O–H groups in total. The fourth-order valence-electron chi connectivity index (χ4n) is 2.73. The fourth-order valence-corrected chi connectivity index (χ4v) is 2.73. The van der Waals surface area contributed by atoms with E-state index >= 15 is 0 Å². The van der Waals surface area contributed by atoms with Gasteiger partial charge < -0.3 is 18.9 Å². The minimum atomic E-state index is -0.535. The summed E-state index contributed by atoms with van der Waals surface area (Å²) < 4.78 is 22.7. The number of ketones is 1.